The van der Waals surface area contributed by atoms with Gasteiger partial charge in [0.2, 0.25) is 0 Å². The Labute approximate surface area is 74.5 Å². The number of ketones is 1. The van der Waals surface area contributed by atoms with Crippen LogP contribution in [0.2, 0.25) is 0 Å². The van der Waals surface area contributed by atoms with E-state index in [4.69, 9.17) is 0 Å². The van der Waals surface area contributed by atoms with Crippen LogP contribution >= 0.6 is 0 Å². The summed E-state index contributed by atoms with van der Waals surface area (Å²) in [6, 6.07) is 0. The number of carbonyl (C=O) groups is 1. The molecular weight excluding hydrogens is 148 g/mol. The van der Waals surface area contributed by atoms with Crippen LogP contribution in [0.5, 0.6) is 0 Å². The molecule has 2 aliphatic carbocycles. The van der Waals surface area contributed by atoms with E-state index in [0.717, 1.165) is 12.3 Å². The van der Waals surface area contributed by atoms with E-state index in [9.17, 15) is 4.79 Å². The van der Waals surface area contributed by atoms with E-state index >= 15 is 0 Å². The van der Waals surface area contributed by atoms with Crippen LogP contribution in [0.4, 0.5) is 0 Å². The highest BCUT2D eigenvalue weighted by atomic mass is 16.1. The van der Waals surface area contributed by atoms with Gasteiger partial charge in [0.05, 0.1) is 0 Å². The van der Waals surface area contributed by atoms with E-state index in [-0.39, 0.29) is 0 Å². The number of rotatable bonds is 3. The first-order chi connectivity index (χ1) is 5.65. The molecular formula is C11H18O. The molecule has 2 saturated carbocycles. The molecule has 0 N–H and O–H groups in total. The Kier molecular flexibility index (Phi) is 1.78. The molecule has 0 aromatic carbocycles. The first-order valence-corrected chi connectivity index (χ1v) is 5.18. The van der Waals surface area contributed by atoms with Crippen molar-refractivity contribution in [1.29, 1.82) is 0 Å². The maximum absolute atomic E-state index is 11.3. The van der Waals surface area contributed by atoms with Gasteiger partial charge >= 0.3 is 0 Å². The Hall–Kier alpha value is -0.330. The lowest BCUT2D eigenvalue weighted by atomic mass is 9.59. The minimum Gasteiger partial charge on any atom is -0.299 e. The molecule has 2 aliphatic rings. The molecule has 12 heavy (non-hydrogen) atoms. The summed E-state index contributed by atoms with van der Waals surface area (Å²) in [5.41, 5.74) is 0.565. The predicted octanol–water partition coefficient (Wildman–Crippen LogP) is 2.79. The van der Waals surface area contributed by atoms with Crippen LogP contribution in [-0.4, -0.2) is 5.78 Å². The van der Waals surface area contributed by atoms with Gasteiger partial charge in [-0.25, -0.2) is 0 Å². The molecule has 0 bridgehead atoms. The van der Waals surface area contributed by atoms with Crippen molar-refractivity contribution in [2.24, 2.45) is 17.3 Å². The average molecular weight is 166 g/mol. The number of hydrogen-bond donors (Lipinski definition) is 0. The molecule has 0 aliphatic heterocycles. The normalized spacial score (nSPS) is 40.7. The summed E-state index contributed by atoms with van der Waals surface area (Å²) < 4.78 is 0. The Morgan fingerprint density at radius 2 is 2.00 bits per heavy atom. The van der Waals surface area contributed by atoms with Gasteiger partial charge in [0, 0.05) is 12.3 Å². The first kappa shape index (κ1) is 8.28. The van der Waals surface area contributed by atoms with E-state index in [2.05, 4.69) is 6.92 Å². The van der Waals surface area contributed by atoms with Gasteiger partial charge in [-0.05, 0) is 37.0 Å². The van der Waals surface area contributed by atoms with Crippen LogP contribution in [0.15, 0.2) is 0 Å². The molecule has 0 radical (unpaired) electrons. The summed E-state index contributed by atoms with van der Waals surface area (Å²) in [4.78, 5) is 11.3. The van der Waals surface area contributed by atoms with Gasteiger partial charge in [-0.15, -0.1) is 0 Å². The lowest BCUT2D eigenvalue weighted by Gasteiger charge is -2.45. The first-order valence-electron chi connectivity index (χ1n) is 5.18. The lowest BCUT2D eigenvalue weighted by molar-refractivity contribution is -0.130. The number of hydrogen-bond acceptors (Lipinski definition) is 1. The zero-order chi connectivity index (χ0) is 8.77. The highest BCUT2D eigenvalue weighted by Gasteiger charge is 2.51. The summed E-state index contributed by atoms with van der Waals surface area (Å²) in [5, 5.41) is 0. The van der Waals surface area contributed by atoms with Gasteiger partial charge in [-0.1, -0.05) is 13.8 Å². The molecule has 0 heterocycles. The van der Waals surface area contributed by atoms with Gasteiger partial charge in [-0.2, -0.15) is 0 Å². The Morgan fingerprint density at radius 1 is 1.42 bits per heavy atom. The Balaban J connectivity index is 1.85. The zero-order valence-electron chi connectivity index (χ0n) is 8.10. The van der Waals surface area contributed by atoms with Crippen LogP contribution in [0.1, 0.15) is 46.0 Å². The quantitative estimate of drug-likeness (QED) is 0.630. The SMILES string of the molecule is CCC(=O)C1CC(C)(C2CC2)C1. The van der Waals surface area contributed by atoms with Gasteiger partial charge < -0.3 is 0 Å². The minimum absolute atomic E-state index is 0.431. The molecule has 1 nitrogen and oxygen atoms in total. The van der Waals surface area contributed by atoms with Crippen LogP contribution in [0, 0.1) is 17.3 Å². The fourth-order valence-electron chi connectivity index (χ4n) is 2.70. The van der Waals surface area contributed by atoms with Crippen molar-refractivity contribution in [2.45, 2.75) is 46.0 Å². The van der Waals surface area contributed by atoms with Crippen molar-refractivity contribution in [1.82, 2.24) is 0 Å². The second-order valence-electron chi connectivity index (χ2n) is 4.85. The molecule has 0 unspecified atom stereocenters. The average Bonchev–Trinajstić information content (AvgIpc) is 2.79. The summed E-state index contributed by atoms with van der Waals surface area (Å²) in [6.45, 7) is 4.35. The van der Waals surface area contributed by atoms with Gasteiger partial charge in [0.1, 0.15) is 5.78 Å². The molecule has 1 heteroatoms. The topological polar surface area (TPSA) is 17.1 Å². The lowest BCUT2D eigenvalue weighted by Crippen LogP contribution is -2.40. The molecule has 0 amide bonds. The zero-order valence-corrected chi connectivity index (χ0v) is 8.10. The maximum atomic E-state index is 11.3. The number of carbonyl (C=O) groups excluding carboxylic acids is 1. The smallest absolute Gasteiger partial charge is 0.135 e. The molecule has 2 fully saturated rings. The molecule has 0 saturated heterocycles. The van der Waals surface area contributed by atoms with E-state index in [1.54, 1.807) is 0 Å². The summed E-state index contributed by atoms with van der Waals surface area (Å²) in [5.74, 6) is 1.90. The monoisotopic (exact) mass is 166 g/mol. The van der Waals surface area contributed by atoms with E-state index in [0.29, 0.717) is 17.1 Å². The van der Waals surface area contributed by atoms with E-state index in [1.807, 2.05) is 6.92 Å². The van der Waals surface area contributed by atoms with Crippen molar-refractivity contribution in [2.75, 3.05) is 0 Å². The maximum Gasteiger partial charge on any atom is 0.135 e. The molecule has 0 aromatic rings. The molecule has 0 spiro atoms. The van der Waals surface area contributed by atoms with Gasteiger partial charge in [0.15, 0.2) is 0 Å². The molecule has 68 valence electrons. The van der Waals surface area contributed by atoms with Gasteiger partial charge in [-0.3, -0.25) is 4.79 Å². The largest absolute Gasteiger partial charge is 0.299 e. The highest BCUT2D eigenvalue weighted by molar-refractivity contribution is 5.81. The second kappa shape index (κ2) is 2.58. The van der Waals surface area contributed by atoms with Crippen LogP contribution < -0.4 is 0 Å². The molecule has 0 atom stereocenters. The van der Waals surface area contributed by atoms with Crippen LogP contribution in [0.25, 0.3) is 0 Å². The van der Waals surface area contributed by atoms with Crippen molar-refractivity contribution in [3.63, 3.8) is 0 Å². The standard InChI is InChI=1S/C11H18O/c1-3-10(12)8-6-11(2,7-8)9-4-5-9/h8-9H,3-7H2,1-2H3. The summed E-state index contributed by atoms with van der Waals surface area (Å²) in [7, 11) is 0. The molecule has 0 aromatic heterocycles. The van der Waals surface area contributed by atoms with Crippen LogP contribution in [0.3, 0.4) is 0 Å². The number of Topliss-reactive ketones (excluding diaryl/α,β-unsaturated/α-hetero) is 1. The third kappa shape index (κ3) is 1.19. The summed E-state index contributed by atoms with van der Waals surface area (Å²) in [6.07, 6.45) is 5.95. The van der Waals surface area contributed by atoms with Crippen molar-refractivity contribution in [3.05, 3.63) is 0 Å². The fraction of sp³-hybridized carbons (Fsp3) is 0.909. The van der Waals surface area contributed by atoms with Crippen molar-refractivity contribution < 1.29 is 4.79 Å². The van der Waals surface area contributed by atoms with Gasteiger partial charge in [0.25, 0.3) is 0 Å². The van der Waals surface area contributed by atoms with Crippen molar-refractivity contribution >= 4 is 5.78 Å². The Morgan fingerprint density at radius 3 is 2.42 bits per heavy atom. The molecule has 2 rings (SSSR count). The van der Waals surface area contributed by atoms with E-state index < -0.39 is 0 Å². The minimum atomic E-state index is 0.431. The predicted molar refractivity (Wildman–Crippen MR) is 48.9 cm³/mol. The fourth-order valence-corrected chi connectivity index (χ4v) is 2.70. The second-order valence-corrected chi connectivity index (χ2v) is 4.85. The van der Waals surface area contributed by atoms with Crippen LogP contribution in [-0.2, 0) is 4.79 Å². The third-order valence-corrected chi connectivity index (χ3v) is 3.79. The third-order valence-electron chi connectivity index (χ3n) is 3.79. The van der Waals surface area contributed by atoms with E-state index in [1.165, 1.54) is 25.7 Å². The highest BCUT2D eigenvalue weighted by Crippen LogP contribution is 2.59. The van der Waals surface area contributed by atoms with Crippen molar-refractivity contribution in [3.8, 4) is 0 Å². The Bertz CT molecular complexity index is 197. The summed E-state index contributed by atoms with van der Waals surface area (Å²) >= 11 is 0.